The maximum absolute atomic E-state index is 12.5. The minimum atomic E-state index is -0.452. The first-order valence-corrected chi connectivity index (χ1v) is 8.89. The van der Waals surface area contributed by atoms with Crippen LogP contribution in [-0.2, 0) is 4.74 Å². The molecule has 2 atom stereocenters. The molecule has 0 aliphatic carbocycles. The van der Waals surface area contributed by atoms with Gasteiger partial charge in [-0.25, -0.2) is 4.79 Å². The fourth-order valence-corrected chi connectivity index (χ4v) is 3.09. The Morgan fingerprint density at radius 2 is 2.17 bits per heavy atom. The molecule has 0 aromatic carbocycles. The minimum absolute atomic E-state index is 0.189. The lowest BCUT2D eigenvalue weighted by molar-refractivity contribution is 0.00458. The van der Waals surface area contributed by atoms with Crippen LogP contribution in [-0.4, -0.2) is 52.7 Å². The Hall–Kier alpha value is -1.62. The van der Waals surface area contributed by atoms with Gasteiger partial charge in [0.15, 0.2) is 0 Å². The van der Waals surface area contributed by atoms with E-state index in [2.05, 4.69) is 23.9 Å². The Kier molecular flexibility index (Phi) is 6.21. The molecule has 134 valence electrons. The van der Waals surface area contributed by atoms with E-state index < -0.39 is 5.60 Å². The molecule has 1 fully saturated rings. The second-order valence-corrected chi connectivity index (χ2v) is 7.69. The minimum Gasteiger partial charge on any atom is -0.444 e. The largest absolute Gasteiger partial charge is 0.444 e. The summed E-state index contributed by atoms with van der Waals surface area (Å²) in [5.41, 5.74) is 0.603. The van der Waals surface area contributed by atoms with Crippen LogP contribution in [0.2, 0.25) is 0 Å². The van der Waals surface area contributed by atoms with E-state index in [9.17, 15) is 4.79 Å². The smallest absolute Gasteiger partial charge is 0.410 e. The lowest BCUT2D eigenvalue weighted by atomic mass is 10.0. The number of piperidine rings is 1. The van der Waals surface area contributed by atoms with Gasteiger partial charge in [0.2, 0.25) is 0 Å². The molecule has 1 aromatic heterocycles. The molecule has 0 saturated carbocycles. The summed E-state index contributed by atoms with van der Waals surface area (Å²) in [5, 5.41) is 0. The van der Waals surface area contributed by atoms with Gasteiger partial charge in [-0.3, -0.25) is 9.88 Å². The molecule has 1 amide bonds. The summed E-state index contributed by atoms with van der Waals surface area (Å²) in [7, 11) is 2.10. The summed E-state index contributed by atoms with van der Waals surface area (Å²) in [6.07, 6.45) is 4.88. The van der Waals surface area contributed by atoms with Gasteiger partial charge in [-0.15, -0.1) is 0 Å². The Morgan fingerprint density at radius 3 is 2.79 bits per heavy atom. The Morgan fingerprint density at radius 1 is 1.42 bits per heavy atom. The molecule has 5 heteroatoms. The third-order valence-electron chi connectivity index (χ3n) is 4.53. The Labute approximate surface area is 146 Å². The lowest BCUT2D eigenvalue weighted by Crippen LogP contribution is -2.50. The van der Waals surface area contributed by atoms with Crippen molar-refractivity contribution in [1.82, 2.24) is 14.8 Å². The standard InChI is InChI=1S/C19H31N3O2/c1-15(17-11-6-8-12-20-17)21(5)14-16-10-7-9-13-22(16)18(23)24-19(2,3)4/h6,8,11-12,15-16H,7,9-10,13-14H2,1-5H3. The molecule has 2 heterocycles. The van der Waals surface area contributed by atoms with Crippen molar-refractivity contribution >= 4 is 6.09 Å². The molecule has 1 saturated heterocycles. The van der Waals surface area contributed by atoms with Gasteiger partial charge in [-0.05, 0) is 66.1 Å². The van der Waals surface area contributed by atoms with Gasteiger partial charge in [-0.1, -0.05) is 6.07 Å². The summed E-state index contributed by atoms with van der Waals surface area (Å²) in [6, 6.07) is 6.41. The summed E-state index contributed by atoms with van der Waals surface area (Å²) in [5.74, 6) is 0. The van der Waals surface area contributed by atoms with Crippen LogP contribution < -0.4 is 0 Å². The highest BCUT2D eigenvalue weighted by molar-refractivity contribution is 5.68. The monoisotopic (exact) mass is 333 g/mol. The Bertz CT molecular complexity index is 527. The van der Waals surface area contributed by atoms with Crippen molar-refractivity contribution in [3.05, 3.63) is 30.1 Å². The van der Waals surface area contributed by atoms with Crippen LogP contribution in [0.1, 0.15) is 58.7 Å². The second kappa shape index (κ2) is 7.97. The zero-order chi connectivity index (χ0) is 17.7. The van der Waals surface area contributed by atoms with Crippen molar-refractivity contribution in [3.63, 3.8) is 0 Å². The molecule has 2 rings (SSSR count). The van der Waals surface area contributed by atoms with Gasteiger partial charge in [0, 0.05) is 31.4 Å². The number of ether oxygens (including phenoxy) is 1. The molecule has 0 spiro atoms. The van der Waals surface area contributed by atoms with E-state index in [1.807, 2.05) is 50.1 Å². The molecule has 0 N–H and O–H groups in total. The van der Waals surface area contributed by atoms with Gasteiger partial charge >= 0.3 is 6.09 Å². The van der Waals surface area contributed by atoms with Gasteiger partial charge in [-0.2, -0.15) is 0 Å². The molecule has 0 radical (unpaired) electrons. The maximum Gasteiger partial charge on any atom is 0.410 e. The average Bonchev–Trinajstić information content (AvgIpc) is 2.53. The average molecular weight is 333 g/mol. The van der Waals surface area contributed by atoms with E-state index in [1.54, 1.807) is 0 Å². The number of pyridine rings is 1. The third-order valence-corrected chi connectivity index (χ3v) is 4.53. The molecule has 1 aliphatic rings. The number of rotatable bonds is 4. The van der Waals surface area contributed by atoms with Crippen molar-refractivity contribution in [1.29, 1.82) is 0 Å². The van der Waals surface area contributed by atoms with Gasteiger partial charge in [0.1, 0.15) is 5.60 Å². The predicted octanol–water partition coefficient (Wildman–Crippen LogP) is 3.86. The number of hydrogen-bond acceptors (Lipinski definition) is 4. The summed E-state index contributed by atoms with van der Waals surface area (Å²) in [4.78, 5) is 21.2. The summed E-state index contributed by atoms with van der Waals surface area (Å²) < 4.78 is 5.59. The molecular formula is C19H31N3O2. The number of carbonyl (C=O) groups excluding carboxylic acids is 1. The fourth-order valence-electron chi connectivity index (χ4n) is 3.09. The summed E-state index contributed by atoms with van der Waals surface area (Å²) >= 11 is 0. The molecule has 24 heavy (non-hydrogen) atoms. The molecule has 5 nitrogen and oxygen atoms in total. The van der Waals surface area contributed by atoms with E-state index in [0.717, 1.165) is 38.0 Å². The van der Waals surface area contributed by atoms with Crippen molar-refractivity contribution in [2.24, 2.45) is 0 Å². The van der Waals surface area contributed by atoms with E-state index in [0.29, 0.717) is 0 Å². The zero-order valence-electron chi connectivity index (χ0n) is 15.7. The quantitative estimate of drug-likeness (QED) is 0.839. The maximum atomic E-state index is 12.5. The predicted molar refractivity (Wildman–Crippen MR) is 95.9 cm³/mol. The van der Waals surface area contributed by atoms with E-state index in [4.69, 9.17) is 4.74 Å². The van der Waals surface area contributed by atoms with E-state index >= 15 is 0 Å². The van der Waals surface area contributed by atoms with Crippen LogP contribution in [0.4, 0.5) is 4.79 Å². The van der Waals surface area contributed by atoms with Crippen molar-refractivity contribution in [3.8, 4) is 0 Å². The normalized spacial score (nSPS) is 20.1. The Balaban J connectivity index is 2.01. The van der Waals surface area contributed by atoms with Gasteiger partial charge in [0.05, 0.1) is 5.69 Å². The highest BCUT2D eigenvalue weighted by atomic mass is 16.6. The van der Waals surface area contributed by atoms with E-state index in [-0.39, 0.29) is 18.2 Å². The number of aromatic nitrogens is 1. The highest BCUT2D eigenvalue weighted by Gasteiger charge is 2.31. The van der Waals surface area contributed by atoms with Crippen molar-refractivity contribution in [2.75, 3.05) is 20.1 Å². The first-order chi connectivity index (χ1) is 11.3. The van der Waals surface area contributed by atoms with Crippen LogP contribution in [0.5, 0.6) is 0 Å². The SMILES string of the molecule is CC(c1ccccn1)N(C)CC1CCCCN1C(=O)OC(C)(C)C. The van der Waals surface area contributed by atoms with Crippen LogP contribution in [0, 0.1) is 0 Å². The second-order valence-electron chi connectivity index (χ2n) is 7.69. The van der Waals surface area contributed by atoms with Crippen molar-refractivity contribution < 1.29 is 9.53 Å². The number of likely N-dealkylation sites (N-methyl/N-ethyl adjacent to an activating group) is 1. The first kappa shape index (κ1) is 18.7. The third kappa shape index (κ3) is 5.20. The van der Waals surface area contributed by atoms with E-state index in [1.165, 1.54) is 0 Å². The molecule has 2 unspecified atom stereocenters. The van der Waals surface area contributed by atoms with Gasteiger partial charge < -0.3 is 9.64 Å². The number of likely N-dealkylation sites (tertiary alicyclic amines) is 1. The van der Waals surface area contributed by atoms with Crippen LogP contribution in [0.25, 0.3) is 0 Å². The molecule has 0 bridgehead atoms. The molecular weight excluding hydrogens is 302 g/mol. The number of nitrogens with zero attached hydrogens (tertiary/aromatic N) is 3. The fraction of sp³-hybridized carbons (Fsp3) is 0.684. The molecule has 1 aromatic rings. The number of amides is 1. The van der Waals surface area contributed by atoms with Crippen LogP contribution in [0.15, 0.2) is 24.4 Å². The van der Waals surface area contributed by atoms with Crippen molar-refractivity contribution in [2.45, 2.75) is 64.6 Å². The van der Waals surface area contributed by atoms with Crippen LogP contribution >= 0.6 is 0 Å². The lowest BCUT2D eigenvalue weighted by Gasteiger charge is -2.39. The number of hydrogen-bond donors (Lipinski definition) is 0. The van der Waals surface area contributed by atoms with Crippen LogP contribution in [0.3, 0.4) is 0 Å². The summed E-state index contributed by atoms with van der Waals surface area (Å²) in [6.45, 7) is 9.52. The highest BCUT2D eigenvalue weighted by Crippen LogP contribution is 2.24. The topological polar surface area (TPSA) is 45.7 Å². The number of carbonyl (C=O) groups is 1. The molecule has 1 aliphatic heterocycles. The zero-order valence-corrected chi connectivity index (χ0v) is 15.7. The van der Waals surface area contributed by atoms with Gasteiger partial charge in [0.25, 0.3) is 0 Å². The first-order valence-electron chi connectivity index (χ1n) is 8.89.